The van der Waals surface area contributed by atoms with Crippen LogP contribution < -0.4 is 0 Å². The van der Waals surface area contributed by atoms with Gasteiger partial charge in [0, 0.05) is 23.5 Å². The first-order chi connectivity index (χ1) is 47.6. The molecule has 1 fully saturated rings. The Labute approximate surface area is 593 Å². The number of likely N-dealkylation sites (tertiary alicyclic amines) is 1. The van der Waals surface area contributed by atoms with E-state index in [1.54, 1.807) is 152 Å². The molecule has 11 nitrogen and oxygen atoms in total. The number of hydrogen-bond donors (Lipinski definition) is 0. The van der Waals surface area contributed by atoms with Gasteiger partial charge in [-0.2, -0.15) is 11.3 Å². The first kappa shape index (κ1) is 77.2. The maximum absolute atomic E-state index is 14.6. The number of Topliss-reactive ketones (excluding diaryl/α,β-unsaturated/α-hetero) is 3. The number of halogens is 6. The van der Waals surface area contributed by atoms with E-state index in [1.807, 2.05) is 71.3 Å². The van der Waals surface area contributed by atoms with Crippen molar-refractivity contribution in [3.8, 4) is 32.7 Å². The summed E-state index contributed by atoms with van der Waals surface area (Å²) in [5, 5.41) is 6.02. The number of benzene rings is 7. The van der Waals surface area contributed by atoms with Crippen molar-refractivity contribution in [2.24, 2.45) is 0 Å². The number of amides is 1. The van der Waals surface area contributed by atoms with E-state index in [2.05, 4.69) is 0 Å². The van der Waals surface area contributed by atoms with Gasteiger partial charge >= 0.3 is 17.9 Å². The maximum Gasteiger partial charge on any atom is 0.307 e. The van der Waals surface area contributed by atoms with Gasteiger partial charge in [-0.05, 0) is 228 Å². The third-order valence-corrected chi connectivity index (χ3v) is 18.1. The molecule has 19 heteroatoms. The van der Waals surface area contributed by atoms with Crippen molar-refractivity contribution in [3.05, 3.63) is 259 Å². The molecular weight excluding hydrogens is 1340 g/mol. The molecule has 528 valence electrons. The van der Waals surface area contributed by atoms with E-state index in [0.717, 1.165) is 113 Å². The van der Waals surface area contributed by atoms with Crippen LogP contribution >= 0.6 is 22.7 Å². The van der Waals surface area contributed by atoms with E-state index >= 15 is 0 Å². The van der Waals surface area contributed by atoms with E-state index in [1.165, 1.54) is 18.2 Å². The molecule has 101 heavy (non-hydrogen) atoms. The topological polar surface area (TPSA) is 150 Å². The maximum atomic E-state index is 14.6. The number of ketones is 3. The number of aryl methyl sites for hydroxylation is 2. The summed E-state index contributed by atoms with van der Waals surface area (Å²) >= 11 is 3.12. The highest BCUT2D eigenvalue weighted by Crippen LogP contribution is 2.37. The molecule has 3 atom stereocenters. The molecule has 1 aliphatic rings. The molecule has 1 amide bonds. The van der Waals surface area contributed by atoms with Crippen molar-refractivity contribution < 1.29 is 74.1 Å². The molecule has 3 heterocycles. The van der Waals surface area contributed by atoms with Crippen LogP contribution in [0.5, 0.6) is 0 Å². The van der Waals surface area contributed by atoms with Gasteiger partial charge in [-0.15, -0.1) is 11.3 Å². The van der Waals surface area contributed by atoms with E-state index in [9.17, 15) is 59.9 Å². The predicted octanol–water partition coefficient (Wildman–Crippen LogP) is 20.4. The second kappa shape index (κ2) is 33.7. The lowest BCUT2D eigenvalue weighted by molar-refractivity contribution is -0.156. The summed E-state index contributed by atoms with van der Waals surface area (Å²) in [6, 6.07) is 40.2. The second-order valence-corrected chi connectivity index (χ2v) is 29.3. The van der Waals surface area contributed by atoms with Crippen molar-refractivity contribution in [2.45, 2.75) is 149 Å². The molecule has 0 saturated carbocycles. The summed E-state index contributed by atoms with van der Waals surface area (Å²) < 4.78 is 103. The minimum atomic E-state index is -1.16. The highest BCUT2D eigenvalue weighted by atomic mass is 32.1. The minimum Gasteiger partial charge on any atom is -0.460 e. The summed E-state index contributed by atoms with van der Waals surface area (Å²) in [4.78, 5) is 93.5. The van der Waals surface area contributed by atoms with Crippen LogP contribution in [0.2, 0.25) is 0 Å². The molecule has 3 unspecified atom stereocenters. The van der Waals surface area contributed by atoms with E-state index in [-0.39, 0.29) is 25.2 Å². The lowest BCUT2D eigenvalue weighted by Gasteiger charge is -2.26. The molecule has 0 aliphatic carbocycles. The number of carbonyl (C=O) groups excluding carboxylic acids is 7. The molecule has 0 spiro atoms. The standard InChI is InChI=1S/C32H33F2NO4.2C25H24F2O3S/c1-32(2,3)39-28(36)20-25(30(37)29-26(33)11-8-12-27(29)34)24-10-7-9-23(19-24)21-13-15-22(16-14-21)31(38)35-17-5-4-6-18-35;1-15-13-31-14-19(15)17-8-5-7-16(11-17)18(12-22(28)30-25(2,3)4)24(29)23-20(26)9-6-10-21(23)27;1-15-11-21(31-14-15)17-8-5-7-16(12-17)18(13-22(28)30-25(2,3)4)24(29)23-19(26)9-6-10-20(23)27/h7-16,19,25H,4-6,17-18,20H2,1-3H3;5-11,13-14,18H,12H2,1-4H3;5-12,14,18H,13H2,1-4H3. The van der Waals surface area contributed by atoms with Crippen molar-refractivity contribution in [2.75, 3.05) is 13.1 Å². The zero-order valence-corrected chi connectivity index (χ0v) is 59.9. The van der Waals surface area contributed by atoms with Crippen LogP contribution in [0.25, 0.3) is 32.7 Å². The van der Waals surface area contributed by atoms with Crippen LogP contribution in [0.1, 0.15) is 188 Å². The number of rotatable bonds is 19. The number of esters is 3. The van der Waals surface area contributed by atoms with Gasteiger partial charge in [0.05, 0.1) is 53.7 Å². The molecule has 2 aromatic heterocycles. The van der Waals surface area contributed by atoms with E-state index < -0.39 is 121 Å². The quantitative estimate of drug-likeness (QED) is 0.0331. The Kier molecular flexibility index (Phi) is 25.8. The summed E-state index contributed by atoms with van der Waals surface area (Å²) in [7, 11) is 0. The highest BCUT2D eigenvalue weighted by molar-refractivity contribution is 7.13. The van der Waals surface area contributed by atoms with E-state index in [4.69, 9.17) is 14.2 Å². The van der Waals surface area contributed by atoms with Gasteiger partial charge in [-0.1, -0.05) is 97.1 Å². The molecule has 9 aromatic rings. The number of carbonyl (C=O) groups is 7. The number of piperidine rings is 1. The fourth-order valence-electron chi connectivity index (χ4n) is 11.5. The Morgan fingerprint density at radius 3 is 1.13 bits per heavy atom. The number of ether oxygens (including phenoxy) is 3. The summed E-state index contributed by atoms with van der Waals surface area (Å²) in [6.45, 7) is 20.9. The molecule has 0 bridgehead atoms. The van der Waals surface area contributed by atoms with Crippen LogP contribution in [0.3, 0.4) is 0 Å². The van der Waals surface area contributed by atoms with Gasteiger partial charge in [0.1, 0.15) is 51.7 Å². The Morgan fingerprint density at radius 2 is 0.772 bits per heavy atom. The fourth-order valence-corrected chi connectivity index (χ4v) is 13.3. The number of thiophene rings is 2. The molecule has 1 saturated heterocycles. The fraction of sp³-hybridized carbons (Fsp3) is 0.305. The molecule has 7 aromatic carbocycles. The SMILES string of the molecule is CC(C)(C)OC(=O)CC(C(=O)c1c(F)cccc1F)c1cccc(-c2ccc(C(=O)N3CCCCC3)cc2)c1.Cc1csc(-c2cccc(C(CC(=O)OC(C)(C)C)C(=O)c3c(F)cccc3F)c2)c1.Cc1cscc1-c1cccc(C(CC(=O)OC(C)(C)C)C(=O)c2c(F)cccc2F)c1. The molecule has 10 rings (SSSR count). The molecule has 0 N–H and O–H groups in total. The van der Waals surface area contributed by atoms with E-state index in [0.29, 0.717) is 22.3 Å². The Bertz CT molecular complexity index is 4410. The number of hydrogen-bond acceptors (Lipinski definition) is 12. The van der Waals surface area contributed by atoms with Crippen LogP contribution in [-0.4, -0.2) is 76.0 Å². The van der Waals surface area contributed by atoms with Crippen molar-refractivity contribution >= 4 is 63.8 Å². The summed E-state index contributed by atoms with van der Waals surface area (Å²) in [5.41, 5.74) is 4.25. The predicted molar refractivity (Wildman–Crippen MR) is 382 cm³/mol. The molecule has 0 radical (unpaired) electrons. The van der Waals surface area contributed by atoms with Crippen LogP contribution in [0.15, 0.2) is 174 Å². The monoisotopic (exact) mass is 1420 g/mol. The zero-order valence-electron chi connectivity index (χ0n) is 58.2. The zero-order chi connectivity index (χ0) is 73.7. The lowest BCUT2D eigenvalue weighted by atomic mass is 9.86. The van der Waals surface area contributed by atoms with Crippen LogP contribution in [-0.2, 0) is 28.6 Å². The van der Waals surface area contributed by atoms with Gasteiger partial charge in [-0.3, -0.25) is 33.6 Å². The average molecular weight is 1420 g/mol. The van der Waals surface area contributed by atoms with Crippen LogP contribution in [0.4, 0.5) is 26.3 Å². The van der Waals surface area contributed by atoms with Crippen LogP contribution in [0, 0.1) is 48.8 Å². The van der Waals surface area contributed by atoms with Gasteiger partial charge in [0.2, 0.25) is 0 Å². The van der Waals surface area contributed by atoms with Crippen molar-refractivity contribution in [3.63, 3.8) is 0 Å². The Hall–Kier alpha value is -9.59. The minimum absolute atomic E-state index is 0.00457. The van der Waals surface area contributed by atoms with Gasteiger partial charge in [0.15, 0.2) is 17.3 Å². The second-order valence-electron chi connectivity index (χ2n) is 27.7. The van der Waals surface area contributed by atoms with Crippen molar-refractivity contribution in [1.29, 1.82) is 0 Å². The highest BCUT2D eigenvalue weighted by Gasteiger charge is 2.35. The average Bonchev–Trinajstić information content (AvgIpc) is 1.19. The smallest absolute Gasteiger partial charge is 0.307 e. The largest absolute Gasteiger partial charge is 0.460 e. The Morgan fingerprint density at radius 1 is 0.416 bits per heavy atom. The normalized spacial score (nSPS) is 13.3. The van der Waals surface area contributed by atoms with Gasteiger partial charge in [-0.25, -0.2) is 26.3 Å². The molecule has 1 aliphatic heterocycles. The third kappa shape index (κ3) is 21.2. The lowest BCUT2D eigenvalue weighted by Crippen LogP contribution is -2.35. The summed E-state index contributed by atoms with van der Waals surface area (Å²) in [5.74, 6) is -13.4. The summed E-state index contributed by atoms with van der Waals surface area (Å²) in [6.07, 6.45) is 2.14. The van der Waals surface area contributed by atoms with Crippen molar-refractivity contribution in [1.82, 2.24) is 4.90 Å². The Balaban J connectivity index is 0.000000194. The van der Waals surface area contributed by atoms with Gasteiger partial charge in [0.25, 0.3) is 5.91 Å². The molecular formula is C82H81F6NO10S2. The third-order valence-electron chi connectivity index (χ3n) is 16.1. The first-order valence-corrected chi connectivity index (χ1v) is 34.9. The first-order valence-electron chi connectivity index (χ1n) is 33.0. The van der Waals surface area contributed by atoms with Gasteiger partial charge < -0.3 is 19.1 Å². The number of nitrogens with zero attached hydrogens (tertiary/aromatic N) is 1.